The Labute approximate surface area is 276 Å². The van der Waals surface area contributed by atoms with Gasteiger partial charge in [0.25, 0.3) is 11.8 Å². The number of fused-ring (bicyclic) bond motifs is 2. The molecule has 0 saturated heterocycles. The summed E-state index contributed by atoms with van der Waals surface area (Å²) in [6, 6.07) is 23.7. The minimum atomic E-state index is -1.02. The van der Waals surface area contributed by atoms with Gasteiger partial charge in [-0.1, -0.05) is 42.5 Å². The zero-order chi connectivity index (χ0) is 34.3. The minimum Gasteiger partial charge on any atom is -0.497 e. The van der Waals surface area contributed by atoms with Gasteiger partial charge in [0.1, 0.15) is 17.0 Å². The molecule has 0 aromatic heterocycles. The van der Waals surface area contributed by atoms with E-state index >= 15 is 0 Å². The van der Waals surface area contributed by atoms with E-state index in [4.69, 9.17) is 14.2 Å². The average molecular weight is 643 g/mol. The molecular formula is C39H34N2O7. The maximum Gasteiger partial charge on any atom is 0.424 e. The number of methoxy groups -OCH3 is 1. The van der Waals surface area contributed by atoms with Gasteiger partial charge in [-0.15, -0.1) is 0 Å². The number of amides is 4. The highest BCUT2D eigenvalue weighted by Crippen LogP contribution is 2.48. The summed E-state index contributed by atoms with van der Waals surface area (Å²) in [7, 11) is 1.52. The smallest absolute Gasteiger partial charge is 0.424 e. The Hall–Kier alpha value is -5.70. The molecular weight excluding hydrogens is 608 g/mol. The first-order valence-electron chi connectivity index (χ1n) is 15.6. The van der Waals surface area contributed by atoms with Crippen LogP contribution >= 0.6 is 0 Å². The van der Waals surface area contributed by atoms with Crippen molar-refractivity contribution in [3.63, 3.8) is 0 Å². The van der Waals surface area contributed by atoms with Crippen LogP contribution in [0.4, 0.5) is 21.0 Å². The van der Waals surface area contributed by atoms with Crippen molar-refractivity contribution < 1.29 is 33.4 Å². The van der Waals surface area contributed by atoms with Crippen molar-refractivity contribution >= 4 is 78.5 Å². The second-order valence-corrected chi connectivity index (χ2v) is 13.9. The molecule has 6 aromatic rings. The average Bonchev–Trinajstić information content (AvgIpc) is 3.01. The van der Waals surface area contributed by atoms with Crippen molar-refractivity contribution in [2.75, 3.05) is 16.9 Å². The zero-order valence-electron chi connectivity index (χ0n) is 27.8. The maximum atomic E-state index is 14.8. The first kappa shape index (κ1) is 30.9. The van der Waals surface area contributed by atoms with Gasteiger partial charge < -0.3 is 14.2 Å². The fraction of sp³-hybridized carbons (Fsp3) is 0.231. The van der Waals surface area contributed by atoms with Crippen molar-refractivity contribution in [3.8, 4) is 5.75 Å². The van der Waals surface area contributed by atoms with Crippen molar-refractivity contribution in [2.45, 2.75) is 52.7 Å². The van der Waals surface area contributed by atoms with Crippen LogP contribution in [-0.4, -0.2) is 42.3 Å². The molecule has 0 saturated carbocycles. The first-order chi connectivity index (χ1) is 22.7. The van der Waals surface area contributed by atoms with E-state index in [1.807, 2.05) is 42.5 Å². The van der Waals surface area contributed by atoms with Gasteiger partial charge in [0.05, 0.1) is 24.0 Å². The van der Waals surface area contributed by atoms with Crippen LogP contribution in [0.5, 0.6) is 5.75 Å². The number of carbonyl (C=O) groups excluding carboxylic acids is 4. The summed E-state index contributed by atoms with van der Waals surface area (Å²) in [6.45, 7) is 10.1. The Kier molecular flexibility index (Phi) is 6.87. The predicted octanol–water partition coefficient (Wildman–Crippen LogP) is 9.22. The summed E-state index contributed by atoms with van der Waals surface area (Å²) >= 11 is 0. The van der Waals surface area contributed by atoms with Crippen LogP contribution in [0.1, 0.15) is 62.3 Å². The molecule has 0 bridgehead atoms. The number of imide groups is 2. The number of nitrogens with zero attached hydrogens (tertiary/aromatic N) is 2. The van der Waals surface area contributed by atoms with E-state index < -0.39 is 35.2 Å². The highest BCUT2D eigenvalue weighted by molar-refractivity contribution is 6.44. The molecule has 9 heteroatoms. The van der Waals surface area contributed by atoms with E-state index in [9.17, 15) is 19.2 Å². The number of rotatable bonds is 3. The third-order valence-corrected chi connectivity index (χ3v) is 8.32. The number of ether oxygens (including phenoxy) is 3. The number of anilines is 2. The molecule has 242 valence electrons. The lowest BCUT2D eigenvalue weighted by atomic mass is 9.83. The molecule has 0 N–H and O–H groups in total. The SMILES string of the molecule is COc1ccc(N2C(=O)c3ccc4c5cccc6cccc(c7cc(N(C(=O)OC(C)(C)C)C(=O)OC(C)(C)C)c(c3c47)C2=O)c65)cc1. The van der Waals surface area contributed by atoms with Crippen molar-refractivity contribution in [2.24, 2.45) is 0 Å². The molecule has 0 aliphatic carbocycles. The van der Waals surface area contributed by atoms with Crippen LogP contribution in [0, 0.1) is 0 Å². The first-order valence-corrected chi connectivity index (χ1v) is 15.6. The number of benzene rings is 6. The number of carbonyl (C=O) groups is 4. The Morgan fingerprint density at radius 2 is 1.21 bits per heavy atom. The standard InChI is InChI=1S/C39H34N2O7/c1-38(2,3)47-36(44)41(37(45)48-39(4,5)6)29-20-28-25-13-9-11-21-10-8-12-24(30(21)25)26-18-19-27-32(31(26)28)33(29)35(43)40(34(27)42)22-14-16-23(46-7)17-15-22/h8-20H,1-7H3. The van der Waals surface area contributed by atoms with Crippen LogP contribution in [0.2, 0.25) is 0 Å². The fourth-order valence-corrected chi connectivity index (χ4v) is 6.53. The van der Waals surface area contributed by atoms with E-state index in [1.165, 1.54) is 7.11 Å². The predicted molar refractivity (Wildman–Crippen MR) is 187 cm³/mol. The lowest BCUT2D eigenvalue weighted by Gasteiger charge is -2.33. The number of hydrogen-bond donors (Lipinski definition) is 0. The summed E-state index contributed by atoms with van der Waals surface area (Å²) in [5.74, 6) is -0.694. The van der Waals surface area contributed by atoms with Crippen molar-refractivity contribution in [3.05, 3.63) is 90.0 Å². The van der Waals surface area contributed by atoms with Gasteiger partial charge in [-0.2, -0.15) is 4.90 Å². The highest BCUT2D eigenvalue weighted by Gasteiger charge is 2.42. The van der Waals surface area contributed by atoms with E-state index in [1.54, 1.807) is 77.9 Å². The van der Waals surface area contributed by atoms with E-state index in [-0.39, 0.29) is 16.8 Å². The van der Waals surface area contributed by atoms with Gasteiger partial charge in [0.2, 0.25) is 0 Å². The molecule has 6 aromatic carbocycles. The molecule has 7 rings (SSSR count). The second kappa shape index (κ2) is 10.7. The molecule has 1 aliphatic rings. The molecule has 4 amide bonds. The molecule has 0 fully saturated rings. The van der Waals surface area contributed by atoms with E-state index in [2.05, 4.69) is 0 Å². The van der Waals surface area contributed by atoms with Crippen molar-refractivity contribution in [1.82, 2.24) is 0 Å². The molecule has 1 heterocycles. The largest absolute Gasteiger partial charge is 0.497 e. The Bertz CT molecular complexity index is 2300. The Balaban J connectivity index is 1.63. The van der Waals surface area contributed by atoms with Gasteiger partial charge in [-0.3, -0.25) is 9.59 Å². The van der Waals surface area contributed by atoms with Gasteiger partial charge in [0, 0.05) is 10.9 Å². The second-order valence-electron chi connectivity index (χ2n) is 13.9. The summed E-state index contributed by atoms with van der Waals surface area (Å²) < 4.78 is 16.8. The fourth-order valence-electron chi connectivity index (χ4n) is 6.53. The van der Waals surface area contributed by atoms with Crippen LogP contribution in [0.3, 0.4) is 0 Å². The molecule has 9 nitrogen and oxygen atoms in total. The molecule has 1 aliphatic heterocycles. The molecule has 0 spiro atoms. The minimum absolute atomic E-state index is 0.00397. The highest BCUT2D eigenvalue weighted by atomic mass is 16.6. The third-order valence-electron chi connectivity index (χ3n) is 8.32. The Morgan fingerprint density at radius 3 is 1.77 bits per heavy atom. The summed E-state index contributed by atoms with van der Waals surface area (Å²) in [5.41, 5.74) is -1.47. The summed E-state index contributed by atoms with van der Waals surface area (Å²) in [6.07, 6.45) is -2.04. The normalized spacial score (nSPS) is 13.5. The number of hydrogen-bond acceptors (Lipinski definition) is 7. The quantitative estimate of drug-likeness (QED) is 0.108. The zero-order valence-corrected chi connectivity index (χ0v) is 27.8. The lowest BCUT2D eigenvalue weighted by Crippen LogP contribution is -2.46. The topological polar surface area (TPSA) is 102 Å². The molecule has 48 heavy (non-hydrogen) atoms. The van der Waals surface area contributed by atoms with Gasteiger partial charge in [0.15, 0.2) is 0 Å². The Morgan fingerprint density at radius 1 is 0.646 bits per heavy atom. The lowest BCUT2D eigenvalue weighted by molar-refractivity contribution is 0.0430. The van der Waals surface area contributed by atoms with Crippen LogP contribution < -0.4 is 14.5 Å². The van der Waals surface area contributed by atoms with Gasteiger partial charge in [-0.05, 0) is 116 Å². The van der Waals surface area contributed by atoms with Crippen molar-refractivity contribution in [1.29, 1.82) is 0 Å². The van der Waals surface area contributed by atoms with Gasteiger partial charge >= 0.3 is 12.2 Å². The summed E-state index contributed by atoms with van der Waals surface area (Å²) in [4.78, 5) is 59.1. The van der Waals surface area contributed by atoms with Gasteiger partial charge in [-0.25, -0.2) is 14.5 Å². The maximum absolute atomic E-state index is 14.8. The molecule has 0 unspecified atom stereocenters. The monoisotopic (exact) mass is 642 g/mol. The summed E-state index contributed by atoms with van der Waals surface area (Å²) in [5, 5.41) is 6.31. The molecule has 0 radical (unpaired) electrons. The van der Waals surface area contributed by atoms with E-state index in [0.717, 1.165) is 36.7 Å². The van der Waals surface area contributed by atoms with Crippen LogP contribution in [0.15, 0.2) is 78.9 Å². The third kappa shape index (κ3) is 4.85. The van der Waals surface area contributed by atoms with Crippen LogP contribution in [-0.2, 0) is 9.47 Å². The van der Waals surface area contributed by atoms with E-state index in [0.29, 0.717) is 27.6 Å². The molecule has 0 atom stereocenters. The van der Waals surface area contributed by atoms with Crippen LogP contribution in [0.25, 0.3) is 43.1 Å².